The Morgan fingerprint density at radius 2 is 1.97 bits per heavy atom. The summed E-state index contributed by atoms with van der Waals surface area (Å²) in [5, 5.41) is 3.17. The molecule has 0 bridgehead atoms. The van der Waals surface area contributed by atoms with Gasteiger partial charge in [0.2, 0.25) is 0 Å². The van der Waals surface area contributed by atoms with Gasteiger partial charge in [0.25, 0.3) is 5.56 Å². The number of methoxy groups -OCH3 is 1. The summed E-state index contributed by atoms with van der Waals surface area (Å²) in [7, 11) is 1.61. The molecular formula is C22H13N3O3S. The highest BCUT2D eigenvalue weighted by molar-refractivity contribution is 7.15. The number of hydrogen-bond donors (Lipinski definition) is 0. The fraction of sp³-hybridized carbons (Fsp3) is 0.0455. The van der Waals surface area contributed by atoms with E-state index in [1.165, 1.54) is 11.3 Å². The van der Waals surface area contributed by atoms with Crippen molar-refractivity contribution in [2.24, 2.45) is 0 Å². The first-order chi connectivity index (χ1) is 14.2. The second kappa shape index (κ2) is 5.89. The molecule has 0 unspecified atom stereocenters. The maximum Gasteiger partial charge on any atom is 0.268 e. The van der Waals surface area contributed by atoms with Gasteiger partial charge in [-0.05, 0) is 24.3 Å². The molecule has 0 aliphatic carbocycles. The van der Waals surface area contributed by atoms with Gasteiger partial charge in [-0.1, -0.05) is 24.3 Å². The molecule has 6 nitrogen and oxygen atoms in total. The van der Waals surface area contributed by atoms with Crippen molar-refractivity contribution in [3.05, 3.63) is 70.5 Å². The molecule has 7 heteroatoms. The zero-order valence-electron chi connectivity index (χ0n) is 15.2. The maximum absolute atomic E-state index is 13.4. The molecular weight excluding hydrogens is 386 g/mol. The fourth-order valence-electron chi connectivity index (χ4n) is 3.71. The molecule has 0 aliphatic heterocycles. The van der Waals surface area contributed by atoms with Gasteiger partial charge in [0.05, 0.1) is 18.2 Å². The summed E-state index contributed by atoms with van der Waals surface area (Å²) in [6.07, 6.45) is 1.73. The quantitative estimate of drug-likeness (QED) is 0.415. The summed E-state index contributed by atoms with van der Waals surface area (Å²) in [5.41, 5.74) is 3.65. The number of thiazole rings is 1. The maximum atomic E-state index is 13.4. The molecule has 0 saturated heterocycles. The molecule has 0 saturated carbocycles. The lowest BCUT2D eigenvalue weighted by Gasteiger charge is -2.08. The number of pyridine rings is 1. The van der Waals surface area contributed by atoms with E-state index in [1.807, 2.05) is 53.9 Å². The minimum absolute atomic E-state index is 0.168. The van der Waals surface area contributed by atoms with E-state index < -0.39 is 0 Å². The Balaban J connectivity index is 1.88. The highest BCUT2D eigenvalue weighted by Gasteiger charge is 2.21. The molecule has 0 radical (unpaired) electrons. The largest absolute Gasteiger partial charge is 0.497 e. The number of furan rings is 1. The van der Waals surface area contributed by atoms with E-state index >= 15 is 0 Å². The van der Waals surface area contributed by atoms with E-state index in [-0.39, 0.29) is 5.56 Å². The van der Waals surface area contributed by atoms with Crippen LogP contribution in [-0.2, 0) is 0 Å². The average Bonchev–Trinajstić information content (AvgIpc) is 3.38. The predicted molar refractivity (Wildman–Crippen MR) is 114 cm³/mol. The number of nitrogens with zero attached hydrogens (tertiary/aromatic N) is 3. The summed E-state index contributed by atoms with van der Waals surface area (Å²) >= 11 is 1.41. The van der Waals surface area contributed by atoms with Gasteiger partial charge >= 0.3 is 0 Å². The molecule has 4 aromatic heterocycles. The molecule has 2 aromatic carbocycles. The number of para-hydroxylation sites is 1. The molecule has 6 aromatic rings. The molecule has 0 aliphatic rings. The zero-order chi connectivity index (χ0) is 19.5. The van der Waals surface area contributed by atoms with Crippen molar-refractivity contribution in [2.45, 2.75) is 0 Å². The summed E-state index contributed by atoms with van der Waals surface area (Å²) in [4.78, 5) is 23.6. The minimum atomic E-state index is -0.168. The standard InChI is InChI=1S/C22H13N3O3S/c1-27-13-6-4-5-12(11-13)17-16-19(24-22-25(21(16)26)9-10-29-22)20-18(23-17)14-7-2-3-8-15(14)28-20/h2-11H,1H3. The number of rotatable bonds is 2. The molecule has 29 heavy (non-hydrogen) atoms. The van der Waals surface area contributed by atoms with Crippen molar-refractivity contribution >= 4 is 49.3 Å². The Bertz CT molecular complexity index is 1630. The van der Waals surface area contributed by atoms with Gasteiger partial charge in [0.15, 0.2) is 10.5 Å². The van der Waals surface area contributed by atoms with E-state index in [9.17, 15) is 4.79 Å². The third-order valence-electron chi connectivity index (χ3n) is 5.05. The molecule has 0 atom stereocenters. The van der Waals surface area contributed by atoms with E-state index in [2.05, 4.69) is 0 Å². The van der Waals surface area contributed by atoms with Crippen molar-refractivity contribution in [2.75, 3.05) is 7.11 Å². The molecule has 140 valence electrons. The first-order valence-electron chi connectivity index (χ1n) is 9.00. The van der Waals surface area contributed by atoms with Crippen molar-refractivity contribution in [3.63, 3.8) is 0 Å². The van der Waals surface area contributed by atoms with Crippen LogP contribution in [0.2, 0.25) is 0 Å². The van der Waals surface area contributed by atoms with Crippen LogP contribution in [0.3, 0.4) is 0 Å². The van der Waals surface area contributed by atoms with Crippen LogP contribution >= 0.6 is 11.3 Å². The van der Waals surface area contributed by atoms with Crippen LogP contribution in [0.1, 0.15) is 0 Å². The average molecular weight is 399 g/mol. The van der Waals surface area contributed by atoms with Gasteiger partial charge in [0.1, 0.15) is 22.4 Å². The number of fused-ring (bicyclic) bond motifs is 6. The summed E-state index contributed by atoms with van der Waals surface area (Å²) in [6, 6.07) is 15.2. The molecule has 0 amide bonds. The zero-order valence-corrected chi connectivity index (χ0v) is 16.1. The van der Waals surface area contributed by atoms with Crippen LogP contribution < -0.4 is 10.3 Å². The molecule has 6 rings (SSSR count). The monoisotopic (exact) mass is 399 g/mol. The molecule has 0 spiro atoms. The normalized spacial score (nSPS) is 11.8. The Morgan fingerprint density at radius 3 is 2.86 bits per heavy atom. The fourth-order valence-corrected chi connectivity index (χ4v) is 4.41. The summed E-state index contributed by atoms with van der Waals surface area (Å²) in [5.74, 6) is 0.694. The van der Waals surface area contributed by atoms with Crippen LogP contribution in [-0.4, -0.2) is 21.5 Å². The second-order valence-electron chi connectivity index (χ2n) is 6.66. The first-order valence-corrected chi connectivity index (χ1v) is 9.88. The van der Waals surface area contributed by atoms with Gasteiger partial charge in [-0.2, -0.15) is 0 Å². The van der Waals surface area contributed by atoms with E-state index in [0.29, 0.717) is 44.0 Å². The third kappa shape index (κ3) is 2.25. The lowest BCUT2D eigenvalue weighted by atomic mass is 10.1. The smallest absolute Gasteiger partial charge is 0.268 e. The summed E-state index contributed by atoms with van der Waals surface area (Å²) in [6.45, 7) is 0. The van der Waals surface area contributed by atoms with Crippen molar-refractivity contribution < 1.29 is 9.15 Å². The SMILES string of the molecule is COc1cccc(-c2nc3c4ccccc4oc3c3nc4sccn4c(=O)c23)c1. The van der Waals surface area contributed by atoms with E-state index in [0.717, 1.165) is 10.9 Å². The van der Waals surface area contributed by atoms with Gasteiger partial charge < -0.3 is 9.15 Å². The van der Waals surface area contributed by atoms with Crippen LogP contribution in [0.25, 0.3) is 49.2 Å². The van der Waals surface area contributed by atoms with E-state index in [1.54, 1.807) is 17.7 Å². The predicted octanol–water partition coefficient (Wildman–Crippen LogP) is 4.88. The van der Waals surface area contributed by atoms with Crippen LogP contribution in [0.5, 0.6) is 5.75 Å². The highest BCUT2D eigenvalue weighted by atomic mass is 32.1. The van der Waals surface area contributed by atoms with E-state index in [4.69, 9.17) is 19.1 Å². The third-order valence-corrected chi connectivity index (χ3v) is 5.81. The van der Waals surface area contributed by atoms with Crippen LogP contribution in [0.4, 0.5) is 0 Å². The Kier molecular flexibility index (Phi) is 3.30. The lowest BCUT2D eigenvalue weighted by Crippen LogP contribution is -2.14. The van der Waals surface area contributed by atoms with Gasteiger partial charge in [-0.15, -0.1) is 11.3 Å². The van der Waals surface area contributed by atoms with Crippen molar-refractivity contribution in [3.8, 4) is 17.0 Å². The first kappa shape index (κ1) is 16.3. The number of aromatic nitrogens is 3. The van der Waals surface area contributed by atoms with Crippen molar-refractivity contribution in [1.82, 2.24) is 14.4 Å². The molecule has 4 heterocycles. The number of ether oxygens (including phenoxy) is 1. The summed E-state index contributed by atoms with van der Waals surface area (Å²) < 4.78 is 13.0. The minimum Gasteiger partial charge on any atom is -0.497 e. The van der Waals surface area contributed by atoms with Gasteiger partial charge in [-0.25, -0.2) is 9.97 Å². The molecule has 0 fully saturated rings. The van der Waals surface area contributed by atoms with Crippen molar-refractivity contribution in [1.29, 1.82) is 0 Å². The van der Waals surface area contributed by atoms with Crippen LogP contribution in [0, 0.1) is 0 Å². The Morgan fingerprint density at radius 1 is 1.07 bits per heavy atom. The lowest BCUT2D eigenvalue weighted by molar-refractivity contribution is 0.415. The topological polar surface area (TPSA) is 69.6 Å². The second-order valence-corrected chi connectivity index (χ2v) is 7.54. The van der Waals surface area contributed by atoms with Gasteiger partial charge in [-0.3, -0.25) is 9.20 Å². The number of hydrogen-bond acceptors (Lipinski definition) is 6. The molecule has 0 N–H and O–H groups in total. The Labute approximate surface area is 167 Å². The Hall–Kier alpha value is -3.71. The highest BCUT2D eigenvalue weighted by Crippen LogP contribution is 2.36. The van der Waals surface area contributed by atoms with Gasteiger partial charge in [0, 0.05) is 22.5 Å². The number of benzene rings is 2. The van der Waals surface area contributed by atoms with Crippen LogP contribution in [0.15, 0.2) is 69.3 Å².